The normalized spacial score (nSPS) is 10.6. The van der Waals surface area contributed by atoms with E-state index in [1.54, 1.807) is 0 Å². The van der Waals surface area contributed by atoms with Crippen LogP contribution in [-0.2, 0) is 9.59 Å². The third-order valence-electron chi connectivity index (χ3n) is 2.04. The number of unbranched alkanes of at least 4 members (excludes halogenated alkanes) is 3. The summed E-state index contributed by atoms with van der Waals surface area (Å²) in [6.07, 6.45) is 11.0. The number of hydrogen-bond donors (Lipinski definition) is 0. The van der Waals surface area contributed by atoms with Gasteiger partial charge in [0.05, 0.1) is 6.42 Å². The molecule has 0 aromatic rings. The number of ketones is 1. The Labute approximate surface area is 86.4 Å². The van der Waals surface area contributed by atoms with Crippen molar-refractivity contribution in [2.75, 3.05) is 0 Å². The lowest BCUT2D eigenvalue weighted by atomic mass is 10.1. The predicted octanol–water partition coefficient (Wildman–Crippen LogP) is 3.06. The van der Waals surface area contributed by atoms with Gasteiger partial charge in [-0.2, -0.15) is 0 Å². The van der Waals surface area contributed by atoms with E-state index < -0.39 is 0 Å². The maximum absolute atomic E-state index is 10.9. The van der Waals surface area contributed by atoms with Crippen LogP contribution in [0.3, 0.4) is 0 Å². The zero-order chi connectivity index (χ0) is 10.6. The second-order valence-electron chi connectivity index (χ2n) is 3.42. The van der Waals surface area contributed by atoms with Gasteiger partial charge in [0.25, 0.3) is 0 Å². The first-order valence-corrected chi connectivity index (χ1v) is 5.41. The molecule has 0 unspecified atom stereocenters. The lowest BCUT2D eigenvalue weighted by molar-refractivity contribution is -0.122. The van der Waals surface area contributed by atoms with E-state index in [-0.39, 0.29) is 12.2 Å². The highest BCUT2D eigenvalue weighted by molar-refractivity contribution is 5.89. The summed E-state index contributed by atoms with van der Waals surface area (Å²) in [5.74, 6) is 0.0400. The highest BCUT2D eigenvalue weighted by atomic mass is 16.1. The molecule has 0 bridgehead atoms. The van der Waals surface area contributed by atoms with Crippen molar-refractivity contribution in [3.05, 3.63) is 12.2 Å². The average Bonchev–Trinajstić information content (AvgIpc) is 2.17. The van der Waals surface area contributed by atoms with E-state index in [1.165, 1.54) is 19.3 Å². The molecule has 2 nitrogen and oxygen atoms in total. The molecule has 0 aromatic carbocycles. The molecule has 0 fully saturated rings. The van der Waals surface area contributed by atoms with Gasteiger partial charge in [-0.3, -0.25) is 4.79 Å². The van der Waals surface area contributed by atoms with Gasteiger partial charge in [0, 0.05) is 6.42 Å². The molecule has 0 aliphatic heterocycles. The molecular weight excluding hydrogens is 176 g/mol. The smallest absolute Gasteiger partial charge is 0.140 e. The van der Waals surface area contributed by atoms with E-state index >= 15 is 0 Å². The molecular formula is C12H20O2. The number of carbonyl (C=O) groups is 2. The molecule has 80 valence electrons. The van der Waals surface area contributed by atoms with Gasteiger partial charge in [-0.15, -0.1) is 0 Å². The van der Waals surface area contributed by atoms with Crippen LogP contribution in [0, 0.1) is 0 Å². The number of rotatable bonds is 9. The van der Waals surface area contributed by atoms with Gasteiger partial charge in [0.15, 0.2) is 0 Å². The van der Waals surface area contributed by atoms with Gasteiger partial charge < -0.3 is 4.79 Å². The monoisotopic (exact) mass is 196 g/mol. The van der Waals surface area contributed by atoms with E-state index in [0.29, 0.717) is 12.7 Å². The van der Waals surface area contributed by atoms with Crippen molar-refractivity contribution in [1.82, 2.24) is 0 Å². The Morgan fingerprint density at radius 3 is 2.50 bits per heavy atom. The Kier molecular flexibility index (Phi) is 9.49. The molecule has 0 saturated heterocycles. The summed E-state index contributed by atoms with van der Waals surface area (Å²) in [5, 5.41) is 0. The molecule has 0 radical (unpaired) electrons. The summed E-state index contributed by atoms with van der Waals surface area (Å²) in [6, 6.07) is 0. The molecule has 0 heterocycles. The third-order valence-corrected chi connectivity index (χ3v) is 2.04. The maximum atomic E-state index is 10.9. The Morgan fingerprint density at radius 2 is 1.86 bits per heavy atom. The van der Waals surface area contributed by atoms with Crippen molar-refractivity contribution in [1.29, 1.82) is 0 Å². The predicted molar refractivity (Wildman–Crippen MR) is 58.2 cm³/mol. The first kappa shape index (κ1) is 13.1. The summed E-state index contributed by atoms with van der Waals surface area (Å²) < 4.78 is 0. The Bertz CT molecular complexity index is 183. The number of carbonyl (C=O) groups excluding carboxylic acids is 2. The third kappa shape index (κ3) is 9.17. The van der Waals surface area contributed by atoms with Gasteiger partial charge in [-0.1, -0.05) is 31.9 Å². The van der Waals surface area contributed by atoms with E-state index in [2.05, 4.69) is 13.0 Å². The van der Waals surface area contributed by atoms with Gasteiger partial charge in [-0.05, 0) is 19.3 Å². The van der Waals surface area contributed by atoms with Crippen LogP contribution < -0.4 is 0 Å². The van der Waals surface area contributed by atoms with Crippen molar-refractivity contribution in [3.63, 3.8) is 0 Å². The van der Waals surface area contributed by atoms with E-state index in [9.17, 15) is 9.59 Å². The average molecular weight is 196 g/mol. The molecule has 0 atom stereocenters. The van der Waals surface area contributed by atoms with Crippen molar-refractivity contribution in [2.45, 2.75) is 51.9 Å². The topological polar surface area (TPSA) is 34.1 Å². The SMILES string of the molecule is CCCCCC=CCCC(=O)CC=O. The van der Waals surface area contributed by atoms with Crippen LogP contribution in [-0.4, -0.2) is 12.1 Å². The zero-order valence-corrected chi connectivity index (χ0v) is 9.00. The Hall–Kier alpha value is -0.920. The highest BCUT2D eigenvalue weighted by Crippen LogP contribution is 2.01. The largest absolute Gasteiger partial charge is 0.303 e. The van der Waals surface area contributed by atoms with Crippen molar-refractivity contribution < 1.29 is 9.59 Å². The number of Topliss-reactive ketones (excluding diaryl/α,β-unsaturated/α-hetero) is 1. The molecule has 0 saturated carbocycles. The molecule has 0 spiro atoms. The molecule has 0 aliphatic rings. The van der Waals surface area contributed by atoms with E-state index in [0.717, 1.165) is 12.8 Å². The summed E-state index contributed by atoms with van der Waals surface area (Å²) in [7, 11) is 0. The number of aldehydes is 1. The first-order valence-electron chi connectivity index (χ1n) is 5.41. The quantitative estimate of drug-likeness (QED) is 0.246. The van der Waals surface area contributed by atoms with E-state index in [1.807, 2.05) is 6.08 Å². The summed E-state index contributed by atoms with van der Waals surface area (Å²) in [4.78, 5) is 20.9. The molecule has 0 aromatic heterocycles. The Balaban J connectivity index is 3.25. The van der Waals surface area contributed by atoms with Gasteiger partial charge >= 0.3 is 0 Å². The van der Waals surface area contributed by atoms with Crippen LogP contribution in [0.1, 0.15) is 51.9 Å². The lowest BCUT2D eigenvalue weighted by Gasteiger charge is -1.93. The van der Waals surface area contributed by atoms with E-state index in [4.69, 9.17) is 0 Å². The van der Waals surface area contributed by atoms with Crippen LogP contribution in [0.2, 0.25) is 0 Å². The van der Waals surface area contributed by atoms with Crippen LogP contribution >= 0.6 is 0 Å². The maximum Gasteiger partial charge on any atom is 0.140 e. The summed E-state index contributed by atoms with van der Waals surface area (Å²) in [6.45, 7) is 2.18. The minimum Gasteiger partial charge on any atom is -0.303 e. The van der Waals surface area contributed by atoms with Gasteiger partial charge in [-0.25, -0.2) is 0 Å². The number of hydrogen-bond acceptors (Lipinski definition) is 2. The molecule has 14 heavy (non-hydrogen) atoms. The van der Waals surface area contributed by atoms with Crippen LogP contribution in [0.4, 0.5) is 0 Å². The fourth-order valence-electron chi connectivity index (χ4n) is 1.19. The fraction of sp³-hybridized carbons (Fsp3) is 0.667. The molecule has 2 heteroatoms. The zero-order valence-electron chi connectivity index (χ0n) is 9.00. The second-order valence-corrected chi connectivity index (χ2v) is 3.42. The second kappa shape index (κ2) is 10.2. The molecule has 0 aliphatic carbocycles. The summed E-state index contributed by atoms with van der Waals surface area (Å²) in [5.41, 5.74) is 0. The lowest BCUT2D eigenvalue weighted by Crippen LogP contribution is -1.96. The number of allylic oxidation sites excluding steroid dienone is 2. The van der Waals surface area contributed by atoms with Crippen LogP contribution in [0.15, 0.2) is 12.2 Å². The summed E-state index contributed by atoms with van der Waals surface area (Å²) >= 11 is 0. The Morgan fingerprint density at radius 1 is 1.14 bits per heavy atom. The first-order chi connectivity index (χ1) is 6.81. The molecule has 0 N–H and O–H groups in total. The fourth-order valence-corrected chi connectivity index (χ4v) is 1.19. The highest BCUT2D eigenvalue weighted by Gasteiger charge is 1.97. The van der Waals surface area contributed by atoms with Gasteiger partial charge in [0.2, 0.25) is 0 Å². The standard InChI is InChI=1S/C12H20O2/c1-2-3-4-5-6-7-8-9-12(14)10-11-13/h6-7,11H,2-5,8-10H2,1H3. The van der Waals surface area contributed by atoms with Gasteiger partial charge in [0.1, 0.15) is 12.1 Å². The van der Waals surface area contributed by atoms with Crippen LogP contribution in [0.25, 0.3) is 0 Å². The molecule has 0 amide bonds. The minimum atomic E-state index is 0.0400. The minimum absolute atomic E-state index is 0.0400. The van der Waals surface area contributed by atoms with Crippen molar-refractivity contribution >= 4 is 12.1 Å². The molecule has 0 rings (SSSR count). The van der Waals surface area contributed by atoms with Crippen molar-refractivity contribution in [3.8, 4) is 0 Å². The van der Waals surface area contributed by atoms with Crippen molar-refractivity contribution in [2.24, 2.45) is 0 Å². The van der Waals surface area contributed by atoms with Crippen LogP contribution in [0.5, 0.6) is 0 Å².